The highest BCUT2D eigenvalue weighted by molar-refractivity contribution is 7.89. The molecule has 0 bridgehead atoms. The SMILES string of the molecule is CCN(CC(=O)O)C1CC(NS(=O)(=O)c2ccc(OC)c(Cl)c2)C1. The van der Waals surface area contributed by atoms with Crippen molar-refractivity contribution in [2.75, 3.05) is 20.2 Å². The summed E-state index contributed by atoms with van der Waals surface area (Å²) in [6, 6.07) is 4.17. The summed E-state index contributed by atoms with van der Waals surface area (Å²) in [7, 11) is -2.21. The summed E-state index contributed by atoms with van der Waals surface area (Å²) >= 11 is 5.97. The molecule has 1 aliphatic rings. The number of sulfonamides is 1. The molecule has 7 nitrogen and oxygen atoms in total. The third-order valence-electron chi connectivity index (χ3n) is 4.13. The zero-order valence-corrected chi connectivity index (χ0v) is 15.1. The minimum Gasteiger partial charge on any atom is -0.495 e. The van der Waals surface area contributed by atoms with Crippen molar-refractivity contribution in [2.24, 2.45) is 0 Å². The van der Waals surface area contributed by atoms with Gasteiger partial charge in [0.1, 0.15) is 5.75 Å². The van der Waals surface area contributed by atoms with Gasteiger partial charge >= 0.3 is 5.97 Å². The molecule has 1 aliphatic carbocycles. The van der Waals surface area contributed by atoms with Gasteiger partial charge in [-0.25, -0.2) is 13.1 Å². The largest absolute Gasteiger partial charge is 0.495 e. The highest BCUT2D eigenvalue weighted by Gasteiger charge is 2.36. The van der Waals surface area contributed by atoms with Gasteiger partial charge in [-0.05, 0) is 37.6 Å². The van der Waals surface area contributed by atoms with Crippen molar-refractivity contribution in [1.82, 2.24) is 9.62 Å². The number of halogens is 1. The van der Waals surface area contributed by atoms with Gasteiger partial charge in [0.25, 0.3) is 0 Å². The van der Waals surface area contributed by atoms with Gasteiger partial charge < -0.3 is 9.84 Å². The van der Waals surface area contributed by atoms with Crippen LogP contribution in [0.15, 0.2) is 23.1 Å². The van der Waals surface area contributed by atoms with Gasteiger partial charge in [0.2, 0.25) is 10.0 Å². The second-order valence-corrected chi connectivity index (χ2v) is 7.82. The molecule has 2 rings (SSSR count). The summed E-state index contributed by atoms with van der Waals surface area (Å²) < 4.78 is 32.4. The van der Waals surface area contributed by atoms with Crippen LogP contribution in [0.3, 0.4) is 0 Å². The Balaban J connectivity index is 1.97. The minimum absolute atomic E-state index is 0.0330. The molecule has 1 fully saturated rings. The Morgan fingerprint density at radius 3 is 2.62 bits per heavy atom. The molecule has 0 heterocycles. The topological polar surface area (TPSA) is 95.9 Å². The first kappa shape index (κ1) is 19.0. The average Bonchev–Trinajstić information content (AvgIpc) is 2.48. The summed E-state index contributed by atoms with van der Waals surface area (Å²) in [5.74, 6) is -0.472. The summed E-state index contributed by atoms with van der Waals surface area (Å²) in [5, 5.41) is 9.10. The molecule has 0 aromatic heterocycles. The van der Waals surface area contributed by atoms with Gasteiger partial charge in [-0.1, -0.05) is 18.5 Å². The third kappa shape index (κ3) is 4.38. The predicted octanol–water partition coefficient (Wildman–Crippen LogP) is 1.56. The number of carbonyl (C=O) groups is 1. The second-order valence-electron chi connectivity index (χ2n) is 5.70. The van der Waals surface area contributed by atoms with Gasteiger partial charge in [-0.15, -0.1) is 0 Å². The van der Waals surface area contributed by atoms with Crippen molar-refractivity contribution in [3.63, 3.8) is 0 Å². The number of hydrogen-bond donors (Lipinski definition) is 2. The molecule has 1 saturated carbocycles. The second kappa shape index (κ2) is 7.69. The molecule has 0 aliphatic heterocycles. The Hall–Kier alpha value is -1.35. The molecule has 24 heavy (non-hydrogen) atoms. The van der Waals surface area contributed by atoms with Crippen LogP contribution in [0.5, 0.6) is 5.75 Å². The fourth-order valence-electron chi connectivity index (χ4n) is 2.76. The van der Waals surface area contributed by atoms with Crippen LogP contribution in [-0.4, -0.2) is 56.7 Å². The number of aliphatic carboxylic acids is 1. The Kier molecular flexibility index (Phi) is 6.08. The van der Waals surface area contributed by atoms with E-state index in [9.17, 15) is 13.2 Å². The fraction of sp³-hybridized carbons (Fsp3) is 0.533. The zero-order chi connectivity index (χ0) is 17.9. The summed E-state index contributed by atoms with van der Waals surface area (Å²) in [5.41, 5.74) is 0. The highest BCUT2D eigenvalue weighted by atomic mass is 35.5. The lowest BCUT2D eigenvalue weighted by molar-refractivity contribution is -0.139. The van der Waals surface area contributed by atoms with Crippen LogP contribution in [-0.2, 0) is 14.8 Å². The molecule has 1 aromatic rings. The van der Waals surface area contributed by atoms with E-state index in [1.165, 1.54) is 25.3 Å². The minimum atomic E-state index is -3.67. The lowest BCUT2D eigenvalue weighted by Gasteiger charge is -2.42. The maximum absolute atomic E-state index is 12.4. The van der Waals surface area contributed by atoms with E-state index in [1.807, 2.05) is 11.8 Å². The number of methoxy groups -OCH3 is 1. The van der Waals surface area contributed by atoms with Crippen LogP contribution in [0, 0.1) is 0 Å². The van der Waals surface area contributed by atoms with Crippen LogP contribution in [0.1, 0.15) is 19.8 Å². The lowest BCUT2D eigenvalue weighted by Crippen LogP contribution is -2.54. The molecule has 1 aromatic carbocycles. The first-order chi connectivity index (χ1) is 11.3. The monoisotopic (exact) mass is 376 g/mol. The molecule has 9 heteroatoms. The van der Waals surface area contributed by atoms with E-state index in [0.29, 0.717) is 25.1 Å². The van der Waals surface area contributed by atoms with Gasteiger partial charge in [0, 0.05) is 12.1 Å². The number of ether oxygens (including phenoxy) is 1. The van der Waals surface area contributed by atoms with Crippen molar-refractivity contribution < 1.29 is 23.1 Å². The number of rotatable bonds is 8. The number of carboxylic acid groups (broad SMARTS) is 1. The van der Waals surface area contributed by atoms with E-state index in [2.05, 4.69) is 4.72 Å². The fourth-order valence-corrected chi connectivity index (χ4v) is 4.37. The number of likely N-dealkylation sites (N-methyl/N-ethyl adjacent to an activating group) is 1. The van der Waals surface area contributed by atoms with E-state index in [-0.39, 0.29) is 28.5 Å². The first-order valence-corrected chi connectivity index (χ1v) is 9.44. The number of carboxylic acids is 1. The van der Waals surface area contributed by atoms with Gasteiger partial charge in [0.05, 0.1) is 23.6 Å². The van der Waals surface area contributed by atoms with Crippen molar-refractivity contribution in [3.8, 4) is 5.75 Å². The van der Waals surface area contributed by atoms with Crippen molar-refractivity contribution in [1.29, 1.82) is 0 Å². The Morgan fingerprint density at radius 2 is 2.12 bits per heavy atom. The normalized spacial score (nSPS) is 20.7. The molecule has 0 atom stereocenters. The summed E-state index contributed by atoms with van der Waals surface area (Å²) in [4.78, 5) is 12.7. The molecule has 0 unspecified atom stereocenters. The first-order valence-electron chi connectivity index (χ1n) is 7.58. The Bertz CT molecular complexity index is 704. The highest BCUT2D eigenvalue weighted by Crippen LogP contribution is 2.29. The Morgan fingerprint density at radius 1 is 1.46 bits per heavy atom. The van der Waals surface area contributed by atoms with Crippen molar-refractivity contribution >= 4 is 27.6 Å². The van der Waals surface area contributed by atoms with E-state index in [0.717, 1.165) is 0 Å². The summed E-state index contributed by atoms with van der Waals surface area (Å²) in [6.07, 6.45) is 1.18. The number of benzene rings is 1. The maximum atomic E-state index is 12.4. The molecule has 0 saturated heterocycles. The number of nitrogens with one attached hydrogen (secondary N) is 1. The van der Waals surface area contributed by atoms with E-state index >= 15 is 0 Å². The molecule has 0 radical (unpaired) electrons. The van der Waals surface area contributed by atoms with E-state index in [4.69, 9.17) is 21.4 Å². The van der Waals surface area contributed by atoms with Crippen molar-refractivity contribution in [2.45, 2.75) is 36.7 Å². The number of hydrogen-bond acceptors (Lipinski definition) is 5. The molecular weight excluding hydrogens is 356 g/mol. The smallest absolute Gasteiger partial charge is 0.317 e. The van der Waals surface area contributed by atoms with Gasteiger partial charge in [-0.2, -0.15) is 0 Å². The third-order valence-corrected chi connectivity index (χ3v) is 5.94. The van der Waals surface area contributed by atoms with Gasteiger partial charge in [-0.3, -0.25) is 9.69 Å². The van der Waals surface area contributed by atoms with Crippen LogP contribution >= 0.6 is 11.6 Å². The molecule has 134 valence electrons. The predicted molar refractivity (Wildman–Crippen MR) is 90.0 cm³/mol. The van der Waals surface area contributed by atoms with Crippen LogP contribution in [0.25, 0.3) is 0 Å². The van der Waals surface area contributed by atoms with Crippen molar-refractivity contribution in [3.05, 3.63) is 23.2 Å². The summed E-state index contributed by atoms with van der Waals surface area (Å²) in [6.45, 7) is 2.47. The molecular formula is C15H21ClN2O5S. The quantitative estimate of drug-likeness (QED) is 0.714. The zero-order valence-electron chi connectivity index (χ0n) is 13.5. The van der Waals surface area contributed by atoms with E-state index in [1.54, 1.807) is 0 Å². The maximum Gasteiger partial charge on any atom is 0.317 e. The van der Waals surface area contributed by atoms with E-state index < -0.39 is 16.0 Å². The standard InChI is InChI=1S/C15H21ClN2O5S/c1-3-18(9-15(19)20)11-6-10(7-11)17-24(21,22)12-4-5-14(23-2)13(16)8-12/h4-5,8,10-11,17H,3,6-7,9H2,1-2H3,(H,19,20). The molecule has 0 spiro atoms. The lowest BCUT2D eigenvalue weighted by atomic mass is 9.86. The molecule has 2 N–H and O–H groups in total. The van der Waals surface area contributed by atoms with Crippen LogP contribution < -0.4 is 9.46 Å². The number of nitrogens with zero attached hydrogens (tertiary/aromatic N) is 1. The van der Waals surface area contributed by atoms with Crippen LogP contribution in [0.4, 0.5) is 0 Å². The average molecular weight is 377 g/mol. The molecule has 0 amide bonds. The van der Waals surface area contributed by atoms with Gasteiger partial charge in [0.15, 0.2) is 0 Å². The van der Waals surface area contributed by atoms with Crippen LogP contribution in [0.2, 0.25) is 5.02 Å². The Labute approximate surface area is 146 Å².